The summed E-state index contributed by atoms with van der Waals surface area (Å²) >= 11 is 0. The average molecular weight is 307 g/mol. The third kappa shape index (κ3) is 3.53. The van der Waals surface area contributed by atoms with Crippen LogP contribution >= 0.6 is 0 Å². The van der Waals surface area contributed by atoms with Crippen LogP contribution < -0.4 is 0 Å². The Hall–Kier alpha value is -0.910. The molecule has 0 saturated carbocycles. The van der Waals surface area contributed by atoms with Gasteiger partial charge in [0.15, 0.2) is 0 Å². The van der Waals surface area contributed by atoms with Crippen molar-refractivity contribution in [2.24, 2.45) is 11.8 Å². The fourth-order valence-electron chi connectivity index (χ4n) is 3.79. The fourth-order valence-corrected chi connectivity index (χ4v) is 3.79. The maximum atomic E-state index is 9.76. The van der Waals surface area contributed by atoms with Gasteiger partial charge in [0.2, 0.25) is 0 Å². The van der Waals surface area contributed by atoms with Crippen molar-refractivity contribution in [3.8, 4) is 0 Å². The molecule has 2 aliphatic rings. The van der Waals surface area contributed by atoms with Gasteiger partial charge in [-0.1, -0.05) is 0 Å². The fraction of sp³-hybridized carbons (Fsp3) is 0.824. The number of hydrogen-bond acceptors (Lipinski definition) is 4. The third-order valence-corrected chi connectivity index (χ3v) is 5.19. The Kier molecular flexibility index (Phi) is 5.16. The lowest BCUT2D eigenvalue weighted by Crippen LogP contribution is -2.31. The number of nitrogens with zero attached hydrogens (tertiary/aromatic N) is 3. The highest BCUT2D eigenvalue weighted by Crippen LogP contribution is 2.33. The molecule has 124 valence electrons. The summed E-state index contributed by atoms with van der Waals surface area (Å²) in [5.41, 5.74) is 1.28. The molecule has 2 saturated heterocycles. The van der Waals surface area contributed by atoms with Crippen LogP contribution in [-0.2, 0) is 4.74 Å². The summed E-state index contributed by atoms with van der Waals surface area (Å²) in [5, 5.41) is 14.2. The van der Waals surface area contributed by atoms with Gasteiger partial charge in [-0.05, 0) is 38.2 Å². The normalized spacial score (nSPS) is 27.8. The van der Waals surface area contributed by atoms with Gasteiger partial charge in [-0.15, -0.1) is 0 Å². The molecule has 5 heteroatoms. The lowest BCUT2D eigenvalue weighted by atomic mass is 9.92. The number of rotatable bonds is 5. The van der Waals surface area contributed by atoms with Crippen LogP contribution in [0, 0.1) is 11.8 Å². The topological polar surface area (TPSA) is 50.5 Å². The summed E-state index contributed by atoms with van der Waals surface area (Å²) in [6, 6.07) is 0.390. The molecule has 0 aliphatic carbocycles. The molecular formula is C17H29N3O2. The minimum Gasteiger partial charge on any atom is -0.396 e. The lowest BCUT2D eigenvalue weighted by molar-refractivity contribution is 0.0546. The number of aliphatic hydroxyl groups excluding tert-OH is 1. The number of likely N-dealkylation sites (tertiary alicyclic amines) is 1. The van der Waals surface area contributed by atoms with Gasteiger partial charge in [-0.3, -0.25) is 4.68 Å². The summed E-state index contributed by atoms with van der Waals surface area (Å²) < 4.78 is 7.47. The smallest absolute Gasteiger partial charge is 0.0525 e. The van der Waals surface area contributed by atoms with E-state index < -0.39 is 0 Å². The highest BCUT2D eigenvalue weighted by molar-refractivity contribution is 5.16. The molecule has 0 bridgehead atoms. The molecular weight excluding hydrogens is 278 g/mol. The van der Waals surface area contributed by atoms with Gasteiger partial charge in [0.25, 0.3) is 0 Å². The molecule has 0 amide bonds. The van der Waals surface area contributed by atoms with Crippen LogP contribution in [-0.4, -0.2) is 59.2 Å². The molecule has 0 unspecified atom stereocenters. The summed E-state index contributed by atoms with van der Waals surface area (Å²) in [4.78, 5) is 2.54. The van der Waals surface area contributed by atoms with Crippen LogP contribution in [0.2, 0.25) is 0 Å². The monoisotopic (exact) mass is 307 g/mol. The predicted octanol–water partition coefficient (Wildman–Crippen LogP) is 1.90. The minimum absolute atomic E-state index is 0.266. The Morgan fingerprint density at radius 3 is 2.73 bits per heavy atom. The van der Waals surface area contributed by atoms with Gasteiger partial charge in [-0.2, -0.15) is 5.10 Å². The molecule has 0 spiro atoms. The third-order valence-electron chi connectivity index (χ3n) is 5.19. The molecule has 1 N–H and O–H groups in total. The molecule has 1 aromatic heterocycles. The minimum atomic E-state index is 0.266. The number of hydrogen-bond donors (Lipinski definition) is 1. The Labute approximate surface area is 133 Å². The Bertz CT molecular complexity index is 468. The molecule has 0 aromatic carbocycles. The van der Waals surface area contributed by atoms with Gasteiger partial charge in [0, 0.05) is 63.5 Å². The maximum absolute atomic E-state index is 9.76. The van der Waals surface area contributed by atoms with E-state index in [0.717, 1.165) is 38.8 Å². The van der Waals surface area contributed by atoms with Crippen molar-refractivity contribution < 1.29 is 9.84 Å². The van der Waals surface area contributed by atoms with Gasteiger partial charge >= 0.3 is 0 Å². The summed E-state index contributed by atoms with van der Waals surface area (Å²) in [6.45, 7) is 9.58. The number of ether oxygens (including phenoxy) is 1. The first kappa shape index (κ1) is 16.0. The van der Waals surface area contributed by atoms with Crippen LogP contribution in [0.1, 0.15) is 44.2 Å². The second-order valence-electron chi connectivity index (χ2n) is 7.17. The zero-order valence-electron chi connectivity index (χ0n) is 13.8. The van der Waals surface area contributed by atoms with Gasteiger partial charge < -0.3 is 14.7 Å². The lowest BCUT2D eigenvalue weighted by Gasteiger charge is -2.27. The van der Waals surface area contributed by atoms with E-state index in [0.29, 0.717) is 17.9 Å². The van der Waals surface area contributed by atoms with Gasteiger partial charge in [0.05, 0.1) is 6.20 Å². The second kappa shape index (κ2) is 7.11. The van der Waals surface area contributed by atoms with Crippen LogP contribution in [0.15, 0.2) is 12.4 Å². The zero-order chi connectivity index (χ0) is 15.5. The number of aliphatic hydroxyl groups is 1. The summed E-state index contributed by atoms with van der Waals surface area (Å²) in [5.74, 6) is 1.51. The van der Waals surface area contributed by atoms with E-state index in [1.165, 1.54) is 18.4 Å². The molecule has 3 rings (SSSR count). The van der Waals surface area contributed by atoms with Gasteiger partial charge in [0.1, 0.15) is 0 Å². The highest BCUT2D eigenvalue weighted by atomic mass is 16.5. The first-order chi connectivity index (χ1) is 10.7. The van der Waals surface area contributed by atoms with Crippen LogP contribution in [0.5, 0.6) is 0 Å². The van der Waals surface area contributed by atoms with E-state index in [1.807, 2.05) is 10.9 Å². The standard InChI is InChI=1S/C17H29N3O2/c1-13(2)20-10-15(7-18-20)17-11-19(9-16(17)12-21)8-14-3-5-22-6-4-14/h7,10,13-14,16-17,21H,3-6,8-9,11-12H2,1-2H3/t16-,17-/m0/s1. The van der Waals surface area contributed by atoms with Crippen LogP contribution in [0.3, 0.4) is 0 Å². The Morgan fingerprint density at radius 2 is 2.09 bits per heavy atom. The predicted molar refractivity (Wildman–Crippen MR) is 85.9 cm³/mol. The highest BCUT2D eigenvalue weighted by Gasteiger charge is 2.35. The van der Waals surface area contributed by atoms with Crippen molar-refractivity contribution in [3.05, 3.63) is 18.0 Å². The van der Waals surface area contributed by atoms with Crippen molar-refractivity contribution in [2.75, 3.05) is 39.5 Å². The van der Waals surface area contributed by atoms with E-state index >= 15 is 0 Å². The molecule has 22 heavy (non-hydrogen) atoms. The molecule has 3 heterocycles. The molecule has 1 aromatic rings. The average Bonchev–Trinajstić information content (AvgIpc) is 3.14. The Morgan fingerprint density at radius 1 is 1.32 bits per heavy atom. The summed E-state index contributed by atoms with van der Waals surface area (Å²) in [6.07, 6.45) is 6.51. The Balaban J connectivity index is 1.63. The van der Waals surface area contributed by atoms with Crippen molar-refractivity contribution in [2.45, 2.75) is 38.6 Å². The SMILES string of the molecule is CC(C)n1cc([C@@H]2CN(CC3CCOCC3)C[C@H]2CO)cn1. The zero-order valence-corrected chi connectivity index (χ0v) is 13.8. The summed E-state index contributed by atoms with van der Waals surface area (Å²) in [7, 11) is 0. The second-order valence-corrected chi connectivity index (χ2v) is 7.17. The van der Waals surface area contributed by atoms with E-state index in [1.54, 1.807) is 0 Å². The molecule has 0 radical (unpaired) electrons. The van der Waals surface area contributed by atoms with Crippen LogP contribution in [0.25, 0.3) is 0 Å². The van der Waals surface area contributed by atoms with Crippen LogP contribution in [0.4, 0.5) is 0 Å². The first-order valence-corrected chi connectivity index (χ1v) is 8.62. The maximum Gasteiger partial charge on any atom is 0.0525 e. The largest absolute Gasteiger partial charge is 0.396 e. The van der Waals surface area contributed by atoms with E-state index in [9.17, 15) is 5.11 Å². The molecule has 5 nitrogen and oxygen atoms in total. The quantitative estimate of drug-likeness (QED) is 0.902. The van der Waals surface area contributed by atoms with E-state index in [-0.39, 0.29) is 6.61 Å². The van der Waals surface area contributed by atoms with E-state index in [2.05, 4.69) is 30.0 Å². The van der Waals surface area contributed by atoms with Crippen molar-refractivity contribution >= 4 is 0 Å². The molecule has 2 atom stereocenters. The van der Waals surface area contributed by atoms with E-state index in [4.69, 9.17) is 4.74 Å². The number of aromatic nitrogens is 2. The molecule has 2 aliphatic heterocycles. The van der Waals surface area contributed by atoms with Crippen molar-refractivity contribution in [3.63, 3.8) is 0 Å². The first-order valence-electron chi connectivity index (χ1n) is 8.62. The van der Waals surface area contributed by atoms with Gasteiger partial charge in [-0.25, -0.2) is 0 Å². The van der Waals surface area contributed by atoms with Crippen molar-refractivity contribution in [1.29, 1.82) is 0 Å². The van der Waals surface area contributed by atoms with Crippen molar-refractivity contribution in [1.82, 2.24) is 14.7 Å². The molecule has 2 fully saturated rings.